The summed E-state index contributed by atoms with van der Waals surface area (Å²) < 4.78 is 27.5. The highest BCUT2D eigenvalue weighted by molar-refractivity contribution is 9.09. The molecule has 0 heterocycles. The molecule has 3 nitrogen and oxygen atoms in total. The van der Waals surface area contributed by atoms with E-state index in [-0.39, 0.29) is 20.8 Å². The van der Waals surface area contributed by atoms with Gasteiger partial charge in [-0.1, -0.05) is 58.9 Å². The fraction of sp³-hybridized carbons (Fsp3) is 0.538. The van der Waals surface area contributed by atoms with Gasteiger partial charge in [0.05, 0.1) is 5.02 Å². The summed E-state index contributed by atoms with van der Waals surface area (Å²) in [5.74, 6) is 0. The second-order valence-corrected chi connectivity index (χ2v) is 8.08. The number of hydrogen-bond acceptors (Lipinski definition) is 2. The Labute approximate surface area is 127 Å². The van der Waals surface area contributed by atoms with Crippen LogP contribution in [0, 0.1) is 0 Å². The van der Waals surface area contributed by atoms with Gasteiger partial charge in [0, 0.05) is 10.9 Å². The number of sulfonamides is 1. The smallest absolute Gasteiger partial charge is 0.207 e. The number of rotatable bonds is 3. The lowest BCUT2D eigenvalue weighted by Crippen LogP contribution is -2.40. The zero-order valence-corrected chi connectivity index (χ0v) is 13.6. The van der Waals surface area contributed by atoms with E-state index in [0.29, 0.717) is 0 Å². The summed E-state index contributed by atoms with van der Waals surface area (Å²) in [6, 6.07) is 6.46. The van der Waals surface area contributed by atoms with Crippen molar-refractivity contribution in [1.82, 2.24) is 4.72 Å². The molecule has 1 fully saturated rings. The van der Waals surface area contributed by atoms with Crippen LogP contribution in [0.5, 0.6) is 0 Å². The maximum absolute atomic E-state index is 12.4. The van der Waals surface area contributed by atoms with E-state index >= 15 is 0 Å². The standard InChI is InChI=1S/C13H17BrClNO2S/c14-10-6-2-1-3-8-12(10)16-19(17,18)13-9-5-4-7-11(13)15/h4-5,7,9-10,12,16H,1-3,6,8H2. The van der Waals surface area contributed by atoms with Gasteiger partial charge in [0.2, 0.25) is 10.0 Å². The average Bonchev–Trinajstić information content (AvgIpc) is 2.55. The minimum Gasteiger partial charge on any atom is -0.207 e. The molecule has 0 radical (unpaired) electrons. The summed E-state index contributed by atoms with van der Waals surface area (Å²) in [6.45, 7) is 0. The van der Waals surface area contributed by atoms with E-state index in [9.17, 15) is 8.42 Å². The lowest BCUT2D eigenvalue weighted by molar-refractivity contribution is 0.521. The Hall–Kier alpha value is -0.100. The van der Waals surface area contributed by atoms with Gasteiger partial charge < -0.3 is 0 Å². The second kappa shape index (κ2) is 6.57. The van der Waals surface area contributed by atoms with Gasteiger partial charge in [0.25, 0.3) is 0 Å². The molecule has 6 heteroatoms. The molecule has 2 unspecified atom stereocenters. The van der Waals surface area contributed by atoms with Crippen molar-refractivity contribution < 1.29 is 8.42 Å². The SMILES string of the molecule is O=S(=O)(NC1CCCCCC1Br)c1ccccc1Cl. The molecule has 106 valence electrons. The van der Waals surface area contributed by atoms with E-state index in [2.05, 4.69) is 20.7 Å². The fourth-order valence-corrected chi connectivity index (χ4v) is 5.05. The first kappa shape index (κ1) is 15.3. The molecule has 0 bridgehead atoms. The first-order chi connectivity index (χ1) is 9.00. The van der Waals surface area contributed by atoms with E-state index in [4.69, 9.17) is 11.6 Å². The summed E-state index contributed by atoms with van der Waals surface area (Å²) in [6.07, 6.45) is 5.21. The Balaban J connectivity index is 2.19. The molecule has 0 spiro atoms. The predicted molar refractivity (Wildman–Crippen MR) is 81.4 cm³/mol. The minimum atomic E-state index is -3.55. The zero-order valence-electron chi connectivity index (χ0n) is 10.5. The van der Waals surface area contributed by atoms with E-state index in [0.717, 1.165) is 32.1 Å². The Morgan fingerprint density at radius 3 is 2.58 bits per heavy atom. The highest BCUT2D eigenvalue weighted by Crippen LogP contribution is 2.26. The van der Waals surface area contributed by atoms with Crippen molar-refractivity contribution in [3.63, 3.8) is 0 Å². The number of halogens is 2. The number of hydrogen-bond donors (Lipinski definition) is 1. The van der Waals surface area contributed by atoms with Crippen molar-refractivity contribution in [2.45, 2.75) is 47.9 Å². The maximum Gasteiger partial charge on any atom is 0.242 e. The van der Waals surface area contributed by atoms with Crippen molar-refractivity contribution in [2.24, 2.45) is 0 Å². The lowest BCUT2D eigenvalue weighted by Gasteiger charge is -2.21. The third-order valence-corrected chi connectivity index (χ3v) is 6.45. The van der Waals surface area contributed by atoms with Crippen LogP contribution in [0.4, 0.5) is 0 Å². The van der Waals surface area contributed by atoms with E-state index < -0.39 is 10.0 Å². The molecule has 19 heavy (non-hydrogen) atoms. The first-order valence-electron chi connectivity index (χ1n) is 6.41. The second-order valence-electron chi connectivity index (χ2n) is 4.81. The Morgan fingerprint density at radius 1 is 1.16 bits per heavy atom. The van der Waals surface area contributed by atoms with Crippen LogP contribution < -0.4 is 4.72 Å². The molecule has 1 aliphatic rings. The summed E-state index contributed by atoms with van der Waals surface area (Å²) in [4.78, 5) is 0.341. The Morgan fingerprint density at radius 2 is 1.84 bits per heavy atom. The van der Waals surface area contributed by atoms with Crippen LogP contribution in [0.2, 0.25) is 5.02 Å². The molecular weight excluding hydrogens is 350 g/mol. The molecule has 1 aliphatic carbocycles. The molecule has 0 aromatic heterocycles. The van der Waals surface area contributed by atoms with Crippen LogP contribution in [0.25, 0.3) is 0 Å². The predicted octanol–water partition coefficient (Wildman–Crippen LogP) is 3.71. The highest BCUT2D eigenvalue weighted by Gasteiger charge is 2.27. The summed E-state index contributed by atoms with van der Waals surface area (Å²) in [7, 11) is -3.55. The van der Waals surface area contributed by atoms with Crippen LogP contribution in [0.1, 0.15) is 32.1 Å². The maximum atomic E-state index is 12.4. The van der Waals surface area contributed by atoms with Crippen molar-refractivity contribution in [3.05, 3.63) is 29.3 Å². The molecule has 0 saturated heterocycles. The molecule has 0 amide bonds. The van der Waals surface area contributed by atoms with Gasteiger partial charge in [-0.25, -0.2) is 13.1 Å². The van der Waals surface area contributed by atoms with Crippen molar-refractivity contribution in [3.8, 4) is 0 Å². The van der Waals surface area contributed by atoms with Crippen LogP contribution in [0.15, 0.2) is 29.2 Å². The van der Waals surface area contributed by atoms with Crippen LogP contribution in [-0.4, -0.2) is 19.3 Å². The third kappa shape index (κ3) is 3.94. The van der Waals surface area contributed by atoms with Gasteiger partial charge in [-0.05, 0) is 25.0 Å². The van der Waals surface area contributed by atoms with Gasteiger partial charge in [-0.15, -0.1) is 0 Å². The summed E-state index contributed by atoms with van der Waals surface area (Å²) in [5, 5.41) is 0.259. The van der Waals surface area contributed by atoms with Crippen LogP contribution in [-0.2, 0) is 10.0 Å². The lowest BCUT2D eigenvalue weighted by atomic mass is 10.1. The molecule has 2 rings (SSSR count). The topological polar surface area (TPSA) is 46.2 Å². The first-order valence-corrected chi connectivity index (χ1v) is 9.19. The van der Waals surface area contributed by atoms with Crippen molar-refractivity contribution >= 4 is 37.6 Å². The quantitative estimate of drug-likeness (QED) is 0.654. The molecule has 1 N–H and O–H groups in total. The van der Waals surface area contributed by atoms with Gasteiger partial charge in [0.15, 0.2) is 0 Å². The molecule has 1 saturated carbocycles. The third-order valence-electron chi connectivity index (χ3n) is 3.36. The van der Waals surface area contributed by atoms with Gasteiger partial charge in [0.1, 0.15) is 4.90 Å². The van der Waals surface area contributed by atoms with Crippen LogP contribution in [0.3, 0.4) is 0 Å². The molecule has 2 atom stereocenters. The summed E-state index contributed by atoms with van der Waals surface area (Å²) >= 11 is 9.55. The van der Waals surface area contributed by atoms with E-state index in [1.54, 1.807) is 18.2 Å². The average molecular weight is 367 g/mol. The highest BCUT2D eigenvalue weighted by atomic mass is 79.9. The minimum absolute atomic E-state index is 0.0660. The number of nitrogens with one attached hydrogen (secondary N) is 1. The van der Waals surface area contributed by atoms with Gasteiger partial charge in [-0.3, -0.25) is 0 Å². The van der Waals surface area contributed by atoms with Crippen molar-refractivity contribution in [2.75, 3.05) is 0 Å². The molecule has 1 aromatic rings. The summed E-state index contributed by atoms with van der Waals surface area (Å²) in [5.41, 5.74) is 0. The van der Waals surface area contributed by atoms with E-state index in [1.807, 2.05) is 0 Å². The molecule has 1 aromatic carbocycles. The Kier molecular flexibility index (Phi) is 5.29. The fourth-order valence-electron chi connectivity index (χ4n) is 2.32. The molecular formula is C13H17BrClNO2S. The number of alkyl halides is 1. The molecule has 0 aliphatic heterocycles. The van der Waals surface area contributed by atoms with Gasteiger partial charge >= 0.3 is 0 Å². The van der Waals surface area contributed by atoms with Gasteiger partial charge in [-0.2, -0.15) is 0 Å². The largest absolute Gasteiger partial charge is 0.242 e. The van der Waals surface area contributed by atoms with Crippen molar-refractivity contribution in [1.29, 1.82) is 0 Å². The Bertz CT molecular complexity index is 535. The monoisotopic (exact) mass is 365 g/mol. The zero-order chi connectivity index (χ0) is 13.9. The van der Waals surface area contributed by atoms with Crippen LogP contribution >= 0.6 is 27.5 Å². The number of benzene rings is 1. The van der Waals surface area contributed by atoms with E-state index in [1.165, 1.54) is 6.07 Å². The normalized spacial score (nSPS) is 24.9.